The quantitative estimate of drug-likeness (QED) is 0.477. The molecule has 0 bridgehead atoms. The molecule has 1 amide bonds. The third kappa shape index (κ3) is 6.08. The number of amides is 1. The maximum atomic E-state index is 12.7. The van der Waals surface area contributed by atoms with Crippen molar-refractivity contribution in [1.82, 2.24) is 0 Å². The van der Waals surface area contributed by atoms with Gasteiger partial charge in [-0.15, -0.1) is 0 Å². The van der Waals surface area contributed by atoms with E-state index in [4.69, 9.17) is 9.47 Å². The number of hydrogen-bond donors (Lipinski definition) is 1. The molecule has 0 radical (unpaired) electrons. The average molecular weight is 398 g/mol. The van der Waals surface area contributed by atoms with Crippen molar-refractivity contribution in [2.75, 3.05) is 11.9 Å². The Hall–Kier alpha value is -2.82. The molecule has 0 aromatic heterocycles. The van der Waals surface area contributed by atoms with E-state index in [2.05, 4.69) is 33.0 Å². The van der Waals surface area contributed by atoms with Gasteiger partial charge < -0.3 is 9.47 Å². The monoisotopic (exact) mass is 397 g/mol. The van der Waals surface area contributed by atoms with Gasteiger partial charge in [-0.05, 0) is 60.6 Å². The first kappa shape index (κ1) is 22.5. The highest BCUT2D eigenvalue weighted by Crippen LogP contribution is 2.35. The van der Waals surface area contributed by atoms with Crippen LogP contribution < -0.4 is 10.1 Å². The van der Waals surface area contributed by atoms with Crippen LogP contribution >= 0.6 is 0 Å². The minimum atomic E-state index is -0.584. The summed E-state index contributed by atoms with van der Waals surface area (Å²) in [4.78, 5) is 24.7. The number of esters is 1. The van der Waals surface area contributed by atoms with Crippen molar-refractivity contribution in [1.29, 1.82) is 0 Å². The lowest BCUT2D eigenvalue weighted by Gasteiger charge is -2.23. The number of aryl methyl sites for hydroxylation is 2. The Morgan fingerprint density at radius 3 is 2.24 bits per heavy atom. The summed E-state index contributed by atoms with van der Waals surface area (Å²) in [5, 5.41) is 2.71. The lowest BCUT2D eigenvalue weighted by molar-refractivity contribution is 0.0734. The molecule has 0 unspecified atom stereocenters. The molecule has 0 atom stereocenters. The Morgan fingerprint density at radius 2 is 1.69 bits per heavy atom. The van der Waals surface area contributed by atoms with E-state index in [-0.39, 0.29) is 12.0 Å². The minimum Gasteiger partial charge on any atom is -0.450 e. The van der Waals surface area contributed by atoms with Crippen molar-refractivity contribution >= 4 is 17.7 Å². The van der Waals surface area contributed by atoms with E-state index in [1.807, 2.05) is 31.2 Å². The van der Waals surface area contributed by atoms with Crippen LogP contribution in [0.4, 0.5) is 10.5 Å². The average Bonchev–Trinajstić information content (AvgIpc) is 2.64. The highest BCUT2D eigenvalue weighted by Gasteiger charge is 2.22. The van der Waals surface area contributed by atoms with E-state index in [1.165, 1.54) is 5.56 Å². The van der Waals surface area contributed by atoms with Crippen molar-refractivity contribution in [3.63, 3.8) is 0 Å². The standard InChI is InChI=1S/C24H31NO4/c1-7-9-17-10-12-18(13-11-17)22(26)29-21-16(3)14-19(24(4,5)6)15-20(21)25-23(27)28-8-2/h10-15H,7-9H2,1-6H3,(H,25,27). The Morgan fingerprint density at radius 1 is 1.03 bits per heavy atom. The SMILES string of the molecule is CCCc1ccc(C(=O)Oc2c(C)cc(C(C)(C)C)cc2NC(=O)OCC)cc1. The molecular formula is C24H31NO4. The van der Waals surface area contributed by atoms with Crippen LogP contribution in [0, 0.1) is 6.92 Å². The highest BCUT2D eigenvalue weighted by atomic mass is 16.6. The fraction of sp³-hybridized carbons (Fsp3) is 0.417. The van der Waals surface area contributed by atoms with Crippen molar-refractivity contribution in [3.8, 4) is 5.75 Å². The second-order valence-electron chi connectivity index (χ2n) is 8.10. The predicted molar refractivity (Wildman–Crippen MR) is 116 cm³/mol. The molecule has 0 aliphatic rings. The maximum absolute atomic E-state index is 12.7. The van der Waals surface area contributed by atoms with Gasteiger partial charge in [-0.3, -0.25) is 5.32 Å². The van der Waals surface area contributed by atoms with E-state index in [9.17, 15) is 9.59 Å². The van der Waals surface area contributed by atoms with Gasteiger partial charge >= 0.3 is 12.1 Å². The Labute approximate surface area is 173 Å². The van der Waals surface area contributed by atoms with E-state index in [1.54, 1.807) is 19.1 Å². The van der Waals surface area contributed by atoms with Crippen LogP contribution in [0.2, 0.25) is 0 Å². The third-order valence-electron chi connectivity index (χ3n) is 4.58. The summed E-state index contributed by atoms with van der Waals surface area (Å²) < 4.78 is 10.7. The van der Waals surface area contributed by atoms with E-state index < -0.39 is 12.1 Å². The molecule has 5 heteroatoms. The molecular weight excluding hydrogens is 366 g/mol. The molecule has 0 fully saturated rings. The highest BCUT2D eigenvalue weighted by molar-refractivity contribution is 5.94. The summed E-state index contributed by atoms with van der Waals surface area (Å²) in [5.74, 6) is -0.139. The molecule has 2 rings (SSSR count). The molecule has 1 N–H and O–H groups in total. The summed E-state index contributed by atoms with van der Waals surface area (Å²) in [6.45, 7) is 12.2. The molecule has 0 spiro atoms. The fourth-order valence-corrected chi connectivity index (χ4v) is 2.96. The number of anilines is 1. The molecule has 29 heavy (non-hydrogen) atoms. The van der Waals surface area contributed by atoms with Crippen LogP contribution in [0.3, 0.4) is 0 Å². The van der Waals surface area contributed by atoms with Crippen molar-refractivity contribution in [2.45, 2.75) is 59.8 Å². The largest absolute Gasteiger partial charge is 0.450 e. The molecule has 0 aliphatic carbocycles. The zero-order valence-corrected chi connectivity index (χ0v) is 18.2. The van der Waals surface area contributed by atoms with Gasteiger partial charge in [0.05, 0.1) is 17.9 Å². The molecule has 156 valence electrons. The lowest BCUT2D eigenvalue weighted by Crippen LogP contribution is -2.18. The van der Waals surface area contributed by atoms with Gasteiger partial charge in [0.25, 0.3) is 0 Å². The van der Waals surface area contributed by atoms with Gasteiger partial charge in [0.1, 0.15) is 0 Å². The van der Waals surface area contributed by atoms with E-state index in [0.29, 0.717) is 17.0 Å². The Bertz CT molecular complexity index is 864. The molecule has 0 heterocycles. The molecule has 2 aromatic rings. The lowest BCUT2D eigenvalue weighted by atomic mass is 9.85. The topological polar surface area (TPSA) is 64.6 Å². The molecule has 0 aliphatic heterocycles. The van der Waals surface area contributed by atoms with Gasteiger partial charge in [0, 0.05) is 0 Å². The van der Waals surface area contributed by atoms with E-state index >= 15 is 0 Å². The van der Waals surface area contributed by atoms with E-state index in [0.717, 1.165) is 24.0 Å². The summed E-state index contributed by atoms with van der Waals surface area (Å²) in [7, 11) is 0. The first-order valence-corrected chi connectivity index (χ1v) is 10.1. The second kappa shape index (κ2) is 9.59. The van der Waals surface area contributed by atoms with Crippen LogP contribution in [0.15, 0.2) is 36.4 Å². The summed E-state index contributed by atoms with van der Waals surface area (Å²) in [5.41, 5.74) is 3.72. The third-order valence-corrected chi connectivity index (χ3v) is 4.58. The summed E-state index contributed by atoms with van der Waals surface area (Å²) in [6, 6.07) is 11.2. The molecule has 2 aromatic carbocycles. The maximum Gasteiger partial charge on any atom is 0.411 e. The van der Waals surface area contributed by atoms with Gasteiger partial charge in [-0.2, -0.15) is 0 Å². The number of carbonyl (C=O) groups is 2. The number of ether oxygens (including phenoxy) is 2. The smallest absolute Gasteiger partial charge is 0.411 e. The van der Waals surface area contributed by atoms with Crippen molar-refractivity contribution in [3.05, 3.63) is 58.7 Å². The van der Waals surface area contributed by atoms with Crippen LogP contribution in [-0.4, -0.2) is 18.7 Å². The van der Waals surface area contributed by atoms with Crippen LogP contribution in [0.25, 0.3) is 0 Å². The fourth-order valence-electron chi connectivity index (χ4n) is 2.96. The van der Waals surface area contributed by atoms with Gasteiger partial charge in [0.2, 0.25) is 0 Å². The van der Waals surface area contributed by atoms with Gasteiger partial charge in [-0.1, -0.05) is 52.3 Å². The van der Waals surface area contributed by atoms with Crippen molar-refractivity contribution in [2.24, 2.45) is 0 Å². The molecule has 0 saturated carbocycles. The Kier molecular flexibility index (Phi) is 7.43. The van der Waals surface area contributed by atoms with Gasteiger partial charge in [0.15, 0.2) is 5.75 Å². The molecule has 5 nitrogen and oxygen atoms in total. The number of nitrogens with one attached hydrogen (secondary N) is 1. The predicted octanol–water partition coefficient (Wildman–Crippen LogP) is 6.03. The second-order valence-corrected chi connectivity index (χ2v) is 8.10. The van der Waals surface area contributed by atoms with Crippen LogP contribution in [-0.2, 0) is 16.6 Å². The number of carbonyl (C=O) groups excluding carboxylic acids is 2. The number of benzene rings is 2. The first-order chi connectivity index (χ1) is 13.7. The van der Waals surface area contributed by atoms with Gasteiger partial charge in [-0.25, -0.2) is 9.59 Å². The number of rotatable bonds is 6. The zero-order chi connectivity index (χ0) is 21.6. The van der Waals surface area contributed by atoms with Crippen molar-refractivity contribution < 1.29 is 19.1 Å². The van der Waals surface area contributed by atoms with Crippen LogP contribution in [0.1, 0.15) is 68.1 Å². The van der Waals surface area contributed by atoms with Crippen LogP contribution in [0.5, 0.6) is 5.75 Å². The number of hydrogen-bond acceptors (Lipinski definition) is 4. The summed E-state index contributed by atoms with van der Waals surface area (Å²) >= 11 is 0. The first-order valence-electron chi connectivity index (χ1n) is 10.1. The molecule has 0 saturated heterocycles. The Balaban J connectivity index is 2.36. The normalized spacial score (nSPS) is 11.1. The minimum absolute atomic E-state index is 0.131. The zero-order valence-electron chi connectivity index (χ0n) is 18.2. The summed E-state index contributed by atoms with van der Waals surface area (Å²) in [6.07, 6.45) is 1.43.